The van der Waals surface area contributed by atoms with Gasteiger partial charge in [0.1, 0.15) is 11.0 Å². The molecule has 12 rings (SSSR count). The summed E-state index contributed by atoms with van der Waals surface area (Å²) in [5.41, 5.74) is 11.4. The van der Waals surface area contributed by atoms with E-state index in [0.29, 0.717) is 17.5 Å². The Balaban J connectivity index is 1.04. The Kier molecular flexibility index (Phi) is 6.95. The summed E-state index contributed by atoms with van der Waals surface area (Å²) in [4.78, 5) is 15.0. The highest BCUT2D eigenvalue weighted by Crippen LogP contribution is 2.39. The van der Waals surface area contributed by atoms with Crippen LogP contribution in [-0.4, -0.2) is 24.1 Å². The zero-order chi connectivity index (χ0) is 37.5. The van der Waals surface area contributed by atoms with Gasteiger partial charge in [-0.25, -0.2) is 15.0 Å². The molecule has 268 valence electrons. The zero-order valence-electron chi connectivity index (χ0n) is 30.8. The number of furan rings is 1. The third kappa shape index (κ3) is 4.94. The number of aromatic nitrogens is 5. The standard InChI is InChI=1S/C51H33N5O/c1-3-14-32(15-4-1)49-52-50(33-16-5-2-6-17-33)54-51(53-49)34-18-13-19-35(30-34)55-42-23-10-7-20-37(42)41-31-36(26-28-44(41)55)56-43-24-11-8-22-40(43)47-45(56)29-27-39-38-21-9-12-25-46(38)57-48(39)47/h1-8,10-11,13-31H,9,12H2. The minimum atomic E-state index is 0.626. The first-order valence-electron chi connectivity index (χ1n) is 19.4. The summed E-state index contributed by atoms with van der Waals surface area (Å²) in [6.07, 6.45) is 6.60. The van der Waals surface area contributed by atoms with Gasteiger partial charge in [0.25, 0.3) is 0 Å². The molecule has 0 saturated heterocycles. The second-order valence-electron chi connectivity index (χ2n) is 14.7. The Morgan fingerprint density at radius 3 is 1.72 bits per heavy atom. The monoisotopic (exact) mass is 731 g/mol. The number of rotatable bonds is 5. The van der Waals surface area contributed by atoms with E-state index in [1.807, 2.05) is 60.7 Å². The van der Waals surface area contributed by atoms with Gasteiger partial charge in [-0.3, -0.25) is 0 Å². The molecule has 11 aromatic rings. The zero-order valence-corrected chi connectivity index (χ0v) is 30.8. The van der Waals surface area contributed by atoms with Crippen LogP contribution in [0.1, 0.15) is 12.8 Å². The van der Waals surface area contributed by atoms with Crippen LogP contribution >= 0.6 is 0 Å². The van der Waals surface area contributed by atoms with E-state index in [1.54, 1.807) is 0 Å². The van der Waals surface area contributed by atoms with Gasteiger partial charge in [0.2, 0.25) is 0 Å². The molecule has 4 heterocycles. The van der Waals surface area contributed by atoms with E-state index in [4.69, 9.17) is 19.4 Å². The van der Waals surface area contributed by atoms with Crippen molar-refractivity contribution in [3.8, 4) is 45.5 Å². The van der Waals surface area contributed by atoms with Gasteiger partial charge in [0, 0.05) is 54.8 Å². The maximum atomic E-state index is 6.62. The number of benzene rings is 7. The molecule has 0 unspecified atom stereocenters. The summed E-state index contributed by atoms with van der Waals surface area (Å²) in [6.45, 7) is 0. The molecule has 0 N–H and O–H groups in total. The maximum absolute atomic E-state index is 6.62. The van der Waals surface area contributed by atoms with Gasteiger partial charge < -0.3 is 13.6 Å². The van der Waals surface area contributed by atoms with Crippen LogP contribution in [0.15, 0.2) is 168 Å². The van der Waals surface area contributed by atoms with Crippen molar-refractivity contribution in [2.45, 2.75) is 12.8 Å². The Morgan fingerprint density at radius 2 is 0.965 bits per heavy atom. The van der Waals surface area contributed by atoms with E-state index in [0.717, 1.165) is 79.4 Å². The second kappa shape index (κ2) is 12.5. The van der Waals surface area contributed by atoms with Crippen LogP contribution in [-0.2, 0) is 0 Å². The fourth-order valence-electron chi connectivity index (χ4n) is 8.83. The molecule has 6 nitrogen and oxygen atoms in total. The summed E-state index contributed by atoms with van der Waals surface area (Å²) in [7, 11) is 0. The molecule has 0 radical (unpaired) electrons. The van der Waals surface area contributed by atoms with E-state index in [-0.39, 0.29) is 0 Å². The van der Waals surface area contributed by atoms with Crippen molar-refractivity contribution in [2.75, 3.05) is 0 Å². The molecular weight excluding hydrogens is 699 g/mol. The van der Waals surface area contributed by atoms with Gasteiger partial charge >= 0.3 is 0 Å². The Hall–Kier alpha value is -7.57. The molecule has 0 spiro atoms. The molecule has 1 aliphatic carbocycles. The lowest BCUT2D eigenvalue weighted by Crippen LogP contribution is -2.21. The van der Waals surface area contributed by atoms with Crippen LogP contribution in [0.5, 0.6) is 0 Å². The number of nitrogens with zero attached hydrogens (tertiary/aromatic N) is 5. The molecule has 0 atom stereocenters. The molecule has 0 bridgehead atoms. The van der Waals surface area contributed by atoms with Gasteiger partial charge in [-0.1, -0.05) is 115 Å². The Morgan fingerprint density at radius 1 is 0.404 bits per heavy atom. The highest BCUT2D eigenvalue weighted by molar-refractivity contribution is 6.20. The molecule has 0 aliphatic heterocycles. The van der Waals surface area contributed by atoms with Crippen molar-refractivity contribution in [3.05, 3.63) is 174 Å². The van der Waals surface area contributed by atoms with Crippen molar-refractivity contribution in [1.82, 2.24) is 24.1 Å². The topological polar surface area (TPSA) is 61.7 Å². The molecule has 0 fully saturated rings. The fraction of sp³-hybridized carbons (Fsp3) is 0.0392. The maximum Gasteiger partial charge on any atom is 0.164 e. The predicted molar refractivity (Wildman–Crippen MR) is 232 cm³/mol. The van der Waals surface area contributed by atoms with E-state index in [2.05, 4.69) is 124 Å². The lowest BCUT2D eigenvalue weighted by Gasteiger charge is -2.12. The molecular formula is C51H33N5O. The predicted octanol–water partition coefficient (Wildman–Crippen LogP) is 11.2. The quantitative estimate of drug-likeness (QED) is 0.177. The molecule has 57 heavy (non-hydrogen) atoms. The summed E-state index contributed by atoms with van der Waals surface area (Å²) in [5.74, 6) is 1.91. The Labute approximate surface area is 326 Å². The summed E-state index contributed by atoms with van der Waals surface area (Å²) in [5, 5.41) is 7.11. The van der Waals surface area contributed by atoms with Gasteiger partial charge in [-0.15, -0.1) is 0 Å². The molecule has 4 aromatic heterocycles. The summed E-state index contributed by atoms with van der Waals surface area (Å²) in [6, 6.07) is 57.4. The van der Waals surface area contributed by atoms with E-state index in [9.17, 15) is 0 Å². The molecule has 0 amide bonds. The lowest BCUT2D eigenvalue weighted by atomic mass is 10.1. The average molecular weight is 732 g/mol. The lowest BCUT2D eigenvalue weighted by molar-refractivity contribution is 0.575. The van der Waals surface area contributed by atoms with Crippen LogP contribution in [0.3, 0.4) is 0 Å². The minimum absolute atomic E-state index is 0.626. The van der Waals surface area contributed by atoms with Crippen molar-refractivity contribution in [3.63, 3.8) is 0 Å². The molecule has 0 saturated carbocycles. The summed E-state index contributed by atoms with van der Waals surface area (Å²) >= 11 is 0. The minimum Gasteiger partial charge on any atom is -0.456 e. The molecule has 7 aromatic carbocycles. The third-order valence-electron chi connectivity index (χ3n) is 11.4. The summed E-state index contributed by atoms with van der Waals surface area (Å²) < 4.78 is 11.4. The van der Waals surface area contributed by atoms with Crippen LogP contribution in [0, 0.1) is 0 Å². The number of hydrogen-bond acceptors (Lipinski definition) is 4. The third-order valence-corrected chi connectivity index (χ3v) is 11.4. The Bertz CT molecular complexity index is 3460. The van der Waals surface area contributed by atoms with Crippen molar-refractivity contribution < 1.29 is 4.42 Å². The first-order valence-corrected chi connectivity index (χ1v) is 19.4. The van der Waals surface area contributed by atoms with Crippen LogP contribution in [0.4, 0.5) is 0 Å². The SMILES string of the molecule is C1=c2oc3c(ccc4c3c3ccccc3n4-c3ccc4c(c3)c3ccccc3n4-c3cccc(-c4nc(-c5ccccc5)nc(-c5ccccc5)n4)c3)c2=CCC1. The highest BCUT2D eigenvalue weighted by atomic mass is 16.3. The highest BCUT2D eigenvalue weighted by Gasteiger charge is 2.20. The van der Waals surface area contributed by atoms with Crippen molar-refractivity contribution in [2.24, 2.45) is 0 Å². The number of para-hydroxylation sites is 2. The van der Waals surface area contributed by atoms with Gasteiger partial charge in [-0.2, -0.15) is 0 Å². The van der Waals surface area contributed by atoms with E-state index < -0.39 is 0 Å². The fourth-order valence-corrected chi connectivity index (χ4v) is 8.83. The van der Waals surface area contributed by atoms with Crippen LogP contribution < -0.4 is 10.6 Å². The first-order chi connectivity index (χ1) is 28.3. The molecule has 6 heteroatoms. The molecule has 1 aliphatic rings. The first kappa shape index (κ1) is 31.7. The second-order valence-corrected chi connectivity index (χ2v) is 14.7. The van der Waals surface area contributed by atoms with Gasteiger partial charge in [-0.05, 0) is 73.5 Å². The van der Waals surface area contributed by atoms with Crippen molar-refractivity contribution in [1.29, 1.82) is 0 Å². The smallest absolute Gasteiger partial charge is 0.164 e. The largest absolute Gasteiger partial charge is 0.456 e. The van der Waals surface area contributed by atoms with E-state index >= 15 is 0 Å². The van der Waals surface area contributed by atoms with Crippen molar-refractivity contribution >= 4 is 66.7 Å². The average Bonchev–Trinajstić information content (AvgIpc) is 3.94. The normalized spacial score (nSPS) is 12.7. The van der Waals surface area contributed by atoms with Crippen LogP contribution in [0.2, 0.25) is 0 Å². The van der Waals surface area contributed by atoms with Gasteiger partial charge in [0.05, 0.1) is 27.5 Å². The van der Waals surface area contributed by atoms with Crippen LogP contribution in [0.25, 0.3) is 112 Å². The number of fused-ring (bicyclic) bond motifs is 10. The van der Waals surface area contributed by atoms with E-state index in [1.165, 1.54) is 26.8 Å². The van der Waals surface area contributed by atoms with Gasteiger partial charge in [0.15, 0.2) is 17.5 Å². The number of hydrogen-bond donors (Lipinski definition) is 0.